The molecule has 1 saturated heterocycles. The summed E-state index contributed by atoms with van der Waals surface area (Å²) in [5.41, 5.74) is 4.80. The maximum Gasteiger partial charge on any atom is 0.290 e. The van der Waals surface area contributed by atoms with E-state index in [1.54, 1.807) is 0 Å². The zero-order chi connectivity index (χ0) is 10.9. The third-order valence-corrected chi connectivity index (χ3v) is 2.90. The molecule has 0 radical (unpaired) electrons. The standard InChI is InChI=1S/C9H14N4O2/c1-2-9(4-3-5-11-9)8-12-7(6(10)14)13-15-8/h11H,2-5H2,1H3,(H2,10,14). The molecular weight excluding hydrogens is 196 g/mol. The highest BCUT2D eigenvalue weighted by Crippen LogP contribution is 2.32. The second-order valence-corrected chi connectivity index (χ2v) is 3.75. The number of carbonyl (C=O) groups excluding carboxylic acids is 1. The molecule has 0 aliphatic carbocycles. The van der Waals surface area contributed by atoms with Gasteiger partial charge >= 0.3 is 0 Å². The van der Waals surface area contributed by atoms with Gasteiger partial charge in [-0.1, -0.05) is 12.1 Å². The molecule has 1 atom stereocenters. The number of primary amides is 1. The predicted molar refractivity (Wildman–Crippen MR) is 52.0 cm³/mol. The van der Waals surface area contributed by atoms with Gasteiger partial charge < -0.3 is 15.6 Å². The van der Waals surface area contributed by atoms with Crippen molar-refractivity contribution in [1.29, 1.82) is 0 Å². The molecule has 0 bridgehead atoms. The number of nitrogens with two attached hydrogens (primary N) is 1. The summed E-state index contributed by atoms with van der Waals surface area (Å²) >= 11 is 0. The topological polar surface area (TPSA) is 94.0 Å². The number of nitrogens with zero attached hydrogens (tertiary/aromatic N) is 2. The Bertz CT molecular complexity index is 368. The maximum absolute atomic E-state index is 10.8. The van der Waals surface area contributed by atoms with Crippen molar-refractivity contribution in [2.75, 3.05) is 6.54 Å². The first-order valence-corrected chi connectivity index (χ1v) is 5.07. The van der Waals surface area contributed by atoms with Gasteiger partial charge in [0.15, 0.2) is 0 Å². The van der Waals surface area contributed by atoms with E-state index < -0.39 is 5.91 Å². The van der Waals surface area contributed by atoms with E-state index in [4.69, 9.17) is 10.3 Å². The van der Waals surface area contributed by atoms with Crippen molar-refractivity contribution in [2.45, 2.75) is 31.7 Å². The first kappa shape index (κ1) is 10.1. The van der Waals surface area contributed by atoms with Gasteiger partial charge in [0.25, 0.3) is 11.7 Å². The van der Waals surface area contributed by atoms with Crippen molar-refractivity contribution in [3.05, 3.63) is 11.7 Å². The van der Waals surface area contributed by atoms with E-state index >= 15 is 0 Å². The van der Waals surface area contributed by atoms with E-state index in [1.807, 2.05) is 6.92 Å². The van der Waals surface area contributed by atoms with Crippen molar-refractivity contribution in [1.82, 2.24) is 15.5 Å². The summed E-state index contributed by atoms with van der Waals surface area (Å²) in [6.07, 6.45) is 2.87. The third-order valence-electron chi connectivity index (χ3n) is 2.90. The molecule has 0 spiro atoms. The number of aromatic nitrogens is 2. The van der Waals surface area contributed by atoms with Crippen molar-refractivity contribution in [3.8, 4) is 0 Å². The Kier molecular flexibility index (Phi) is 2.44. The van der Waals surface area contributed by atoms with Crippen molar-refractivity contribution in [3.63, 3.8) is 0 Å². The minimum atomic E-state index is -0.658. The minimum absolute atomic E-state index is 0.0495. The van der Waals surface area contributed by atoms with Crippen LogP contribution in [0.2, 0.25) is 0 Å². The van der Waals surface area contributed by atoms with Crippen LogP contribution in [-0.2, 0) is 5.54 Å². The Balaban J connectivity index is 2.30. The Labute approximate surface area is 87.2 Å². The highest BCUT2D eigenvalue weighted by atomic mass is 16.5. The third kappa shape index (κ3) is 1.61. The van der Waals surface area contributed by atoms with Crippen LogP contribution in [0.5, 0.6) is 0 Å². The SMILES string of the molecule is CCC1(c2nc(C(N)=O)no2)CCCN1. The average Bonchev–Trinajstić information content (AvgIpc) is 2.87. The normalized spacial score (nSPS) is 25.7. The molecule has 15 heavy (non-hydrogen) atoms. The molecule has 1 aromatic rings. The lowest BCUT2D eigenvalue weighted by atomic mass is 9.94. The number of amides is 1. The largest absolute Gasteiger partial charge is 0.363 e. The fourth-order valence-electron chi connectivity index (χ4n) is 1.96. The van der Waals surface area contributed by atoms with Crippen molar-refractivity contribution < 1.29 is 9.32 Å². The Morgan fingerprint density at radius 3 is 3.00 bits per heavy atom. The average molecular weight is 210 g/mol. The van der Waals surface area contributed by atoms with Crippen molar-refractivity contribution >= 4 is 5.91 Å². The first-order valence-electron chi connectivity index (χ1n) is 5.07. The lowest BCUT2D eigenvalue weighted by molar-refractivity contribution is 0.0987. The van der Waals surface area contributed by atoms with Gasteiger partial charge in [-0.05, 0) is 25.8 Å². The van der Waals surface area contributed by atoms with E-state index in [9.17, 15) is 4.79 Å². The summed E-state index contributed by atoms with van der Waals surface area (Å²) in [4.78, 5) is 14.9. The maximum atomic E-state index is 10.8. The second-order valence-electron chi connectivity index (χ2n) is 3.75. The van der Waals surface area contributed by atoms with Crippen LogP contribution in [0.1, 0.15) is 42.7 Å². The molecule has 2 heterocycles. The number of nitrogens with one attached hydrogen (secondary N) is 1. The first-order chi connectivity index (χ1) is 7.18. The summed E-state index contributed by atoms with van der Waals surface area (Å²) in [5.74, 6) is -0.239. The second kappa shape index (κ2) is 3.62. The molecule has 1 aromatic heterocycles. The van der Waals surface area contributed by atoms with Gasteiger partial charge in [0.2, 0.25) is 5.89 Å². The molecule has 82 valence electrons. The zero-order valence-corrected chi connectivity index (χ0v) is 8.62. The smallest absolute Gasteiger partial charge is 0.290 e. The molecule has 1 fully saturated rings. The van der Waals surface area contributed by atoms with Crippen LogP contribution in [0, 0.1) is 0 Å². The van der Waals surface area contributed by atoms with Crippen LogP contribution >= 0.6 is 0 Å². The van der Waals surface area contributed by atoms with Crippen LogP contribution in [0.4, 0.5) is 0 Å². The number of rotatable bonds is 3. The molecule has 1 aliphatic heterocycles. The van der Waals surface area contributed by atoms with Gasteiger partial charge in [-0.25, -0.2) is 0 Å². The van der Waals surface area contributed by atoms with Gasteiger partial charge in [-0.2, -0.15) is 4.98 Å². The number of carbonyl (C=O) groups is 1. The Morgan fingerprint density at radius 1 is 1.73 bits per heavy atom. The van der Waals surface area contributed by atoms with Gasteiger partial charge in [-0.15, -0.1) is 0 Å². The van der Waals surface area contributed by atoms with Crippen LogP contribution in [-0.4, -0.2) is 22.6 Å². The van der Waals surface area contributed by atoms with Crippen LogP contribution in [0.3, 0.4) is 0 Å². The minimum Gasteiger partial charge on any atom is -0.363 e. The summed E-state index contributed by atoms with van der Waals surface area (Å²) in [6, 6.07) is 0. The summed E-state index contributed by atoms with van der Waals surface area (Å²) in [6.45, 7) is 2.98. The summed E-state index contributed by atoms with van der Waals surface area (Å²) < 4.78 is 5.08. The molecule has 6 nitrogen and oxygen atoms in total. The molecule has 1 amide bonds. The lowest BCUT2D eigenvalue weighted by Crippen LogP contribution is -2.36. The summed E-state index contributed by atoms with van der Waals surface area (Å²) in [7, 11) is 0. The molecule has 2 rings (SSSR count). The molecule has 3 N–H and O–H groups in total. The number of hydrogen-bond donors (Lipinski definition) is 2. The van der Waals surface area contributed by atoms with Crippen molar-refractivity contribution in [2.24, 2.45) is 5.73 Å². The van der Waals surface area contributed by atoms with Gasteiger partial charge in [-0.3, -0.25) is 4.79 Å². The number of hydrogen-bond acceptors (Lipinski definition) is 5. The molecule has 1 aliphatic rings. The molecule has 0 saturated carbocycles. The van der Waals surface area contributed by atoms with Crippen LogP contribution in [0.15, 0.2) is 4.52 Å². The van der Waals surface area contributed by atoms with E-state index in [-0.39, 0.29) is 11.4 Å². The van der Waals surface area contributed by atoms with Crippen LogP contribution < -0.4 is 11.1 Å². The molecular formula is C9H14N4O2. The van der Waals surface area contributed by atoms with E-state index in [0.29, 0.717) is 5.89 Å². The molecule has 6 heteroatoms. The van der Waals surface area contributed by atoms with E-state index in [1.165, 1.54) is 0 Å². The quantitative estimate of drug-likeness (QED) is 0.741. The van der Waals surface area contributed by atoms with E-state index in [0.717, 1.165) is 25.8 Å². The Hall–Kier alpha value is -1.43. The fraction of sp³-hybridized carbons (Fsp3) is 0.667. The highest BCUT2D eigenvalue weighted by molar-refractivity contribution is 5.88. The van der Waals surface area contributed by atoms with Gasteiger partial charge in [0.05, 0.1) is 5.54 Å². The van der Waals surface area contributed by atoms with Gasteiger partial charge in [0.1, 0.15) is 0 Å². The fourth-order valence-corrected chi connectivity index (χ4v) is 1.96. The highest BCUT2D eigenvalue weighted by Gasteiger charge is 2.39. The summed E-state index contributed by atoms with van der Waals surface area (Å²) in [5, 5.41) is 6.89. The van der Waals surface area contributed by atoms with E-state index in [2.05, 4.69) is 15.5 Å². The lowest BCUT2D eigenvalue weighted by Gasteiger charge is -2.22. The molecule has 0 aromatic carbocycles. The predicted octanol–water partition coefficient (Wildman–Crippen LogP) is 0.157. The zero-order valence-electron chi connectivity index (χ0n) is 8.62. The Morgan fingerprint density at radius 2 is 2.53 bits per heavy atom. The van der Waals surface area contributed by atoms with Crippen LogP contribution in [0.25, 0.3) is 0 Å². The monoisotopic (exact) mass is 210 g/mol. The van der Waals surface area contributed by atoms with Gasteiger partial charge in [0, 0.05) is 0 Å². The molecule has 1 unspecified atom stereocenters.